The number of hydrogen-bond acceptors (Lipinski definition) is 2. The molecule has 1 N–H and O–H groups in total. The number of carboxylic acid groups (broad SMARTS) is 1. The molecule has 3 nitrogen and oxygen atoms in total. The van der Waals surface area contributed by atoms with E-state index in [-0.39, 0.29) is 5.69 Å². The molecule has 0 unspecified atom stereocenters. The summed E-state index contributed by atoms with van der Waals surface area (Å²) in [5.74, 6) is -1.65. The maximum atomic E-state index is 12.5. The van der Waals surface area contributed by atoms with Crippen LogP contribution in [0.2, 0.25) is 0 Å². The van der Waals surface area contributed by atoms with Gasteiger partial charge in [-0.05, 0) is 25.1 Å². The normalized spacial score (nSPS) is 12.0. The van der Waals surface area contributed by atoms with Gasteiger partial charge in [0.15, 0.2) is 5.69 Å². The van der Waals surface area contributed by atoms with Gasteiger partial charge in [0.05, 0.1) is 11.3 Å². The number of carboxylic acids is 1. The molecule has 1 heterocycles. The molecule has 0 amide bonds. The van der Waals surface area contributed by atoms with Crippen molar-refractivity contribution in [3.05, 3.63) is 35.2 Å². The lowest BCUT2D eigenvalue weighted by molar-refractivity contribution is -0.141. The number of nitrogens with zero attached hydrogens (tertiary/aromatic N) is 1. The maximum Gasteiger partial charge on any atom is 0.434 e. The van der Waals surface area contributed by atoms with Gasteiger partial charge >= 0.3 is 12.1 Å². The van der Waals surface area contributed by atoms with E-state index in [4.69, 9.17) is 5.11 Å². The van der Waals surface area contributed by atoms with Gasteiger partial charge in [-0.15, -0.1) is 0 Å². The average molecular weight is 231 g/mol. The Bertz CT molecular complexity index is 438. The molecule has 86 valence electrons. The quantitative estimate of drug-likeness (QED) is 0.851. The predicted octanol–water partition coefficient (Wildman–Crippen LogP) is 2.83. The molecular formula is C10H8F3NO2. The number of hydrogen-bond donors (Lipinski definition) is 1. The second kappa shape index (κ2) is 4.34. The summed E-state index contributed by atoms with van der Waals surface area (Å²) in [5, 5.41) is 8.59. The van der Waals surface area contributed by atoms with Crippen molar-refractivity contribution in [2.24, 2.45) is 0 Å². The molecule has 0 aliphatic carbocycles. The molecule has 0 atom stereocenters. The second-order valence-electron chi connectivity index (χ2n) is 2.94. The minimum atomic E-state index is -4.77. The topological polar surface area (TPSA) is 50.2 Å². The molecule has 0 aliphatic rings. The van der Waals surface area contributed by atoms with Crippen LogP contribution < -0.4 is 0 Å². The van der Waals surface area contributed by atoms with Gasteiger partial charge in [-0.3, -0.25) is 0 Å². The van der Waals surface area contributed by atoms with Gasteiger partial charge in [-0.2, -0.15) is 13.2 Å². The number of rotatable bonds is 2. The summed E-state index contributed by atoms with van der Waals surface area (Å²) in [6.07, 6.45) is -1.89. The molecule has 6 heteroatoms. The highest BCUT2D eigenvalue weighted by Gasteiger charge is 2.37. The SMILES string of the molecule is CC=Cc1ccc(C(=O)O)c(C(F)(F)F)n1. The van der Waals surface area contributed by atoms with Crippen molar-refractivity contribution in [3.63, 3.8) is 0 Å². The summed E-state index contributed by atoms with van der Waals surface area (Å²) < 4.78 is 37.4. The molecule has 0 aliphatic heterocycles. The summed E-state index contributed by atoms with van der Waals surface area (Å²) in [7, 11) is 0. The van der Waals surface area contributed by atoms with E-state index in [2.05, 4.69) is 4.98 Å². The first kappa shape index (κ1) is 12.2. The van der Waals surface area contributed by atoms with Crippen LogP contribution >= 0.6 is 0 Å². The Morgan fingerprint density at radius 2 is 2.06 bits per heavy atom. The first-order valence-electron chi connectivity index (χ1n) is 4.30. The zero-order valence-electron chi connectivity index (χ0n) is 8.25. The molecule has 0 spiro atoms. The van der Waals surface area contributed by atoms with E-state index in [9.17, 15) is 18.0 Å². The Hall–Kier alpha value is -1.85. The number of pyridine rings is 1. The molecule has 1 aromatic heterocycles. The minimum Gasteiger partial charge on any atom is -0.478 e. The Labute approximate surface area is 89.2 Å². The summed E-state index contributed by atoms with van der Waals surface area (Å²) in [6, 6.07) is 2.12. The van der Waals surface area contributed by atoms with Crippen LogP contribution in [-0.2, 0) is 6.18 Å². The van der Waals surface area contributed by atoms with Gasteiger partial charge in [0.2, 0.25) is 0 Å². The maximum absolute atomic E-state index is 12.5. The number of alkyl halides is 3. The van der Waals surface area contributed by atoms with Crippen molar-refractivity contribution >= 4 is 12.0 Å². The molecule has 0 radical (unpaired) electrons. The molecule has 0 saturated carbocycles. The van der Waals surface area contributed by atoms with Crippen molar-refractivity contribution in [1.29, 1.82) is 0 Å². The first-order valence-corrected chi connectivity index (χ1v) is 4.30. The number of allylic oxidation sites excluding steroid dienone is 1. The fourth-order valence-corrected chi connectivity index (χ4v) is 1.13. The Kier molecular flexibility index (Phi) is 3.31. The molecule has 16 heavy (non-hydrogen) atoms. The molecule has 0 saturated heterocycles. The van der Waals surface area contributed by atoms with Gasteiger partial charge in [-0.25, -0.2) is 9.78 Å². The van der Waals surface area contributed by atoms with Crippen molar-refractivity contribution in [2.45, 2.75) is 13.1 Å². The first-order chi connectivity index (χ1) is 7.36. The van der Waals surface area contributed by atoms with Crippen molar-refractivity contribution in [2.75, 3.05) is 0 Å². The standard InChI is InChI=1S/C10H8F3NO2/c1-2-3-6-4-5-7(9(15)16)8(14-6)10(11,12)13/h2-5H,1H3,(H,15,16). The van der Waals surface area contributed by atoms with Crippen LogP contribution in [0.25, 0.3) is 6.08 Å². The lowest BCUT2D eigenvalue weighted by atomic mass is 10.1. The zero-order chi connectivity index (χ0) is 12.3. The second-order valence-corrected chi connectivity index (χ2v) is 2.94. The molecule has 0 aromatic carbocycles. The molecule has 0 bridgehead atoms. The number of halogens is 3. The third-order valence-electron chi connectivity index (χ3n) is 1.75. The van der Waals surface area contributed by atoms with Crippen molar-refractivity contribution in [1.82, 2.24) is 4.98 Å². The van der Waals surface area contributed by atoms with E-state index in [0.717, 1.165) is 6.07 Å². The highest BCUT2D eigenvalue weighted by Crippen LogP contribution is 2.30. The van der Waals surface area contributed by atoms with Gasteiger partial charge in [0.25, 0.3) is 0 Å². The number of carbonyl (C=O) groups is 1. The average Bonchev–Trinajstić information content (AvgIpc) is 2.16. The fourth-order valence-electron chi connectivity index (χ4n) is 1.13. The summed E-state index contributed by atoms with van der Waals surface area (Å²) in [6.45, 7) is 1.63. The number of aromatic carboxylic acids is 1. The molecule has 0 fully saturated rings. The van der Waals surface area contributed by atoms with E-state index < -0.39 is 23.4 Å². The fraction of sp³-hybridized carbons (Fsp3) is 0.200. The van der Waals surface area contributed by atoms with E-state index in [1.807, 2.05) is 0 Å². The van der Waals surface area contributed by atoms with E-state index >= 15 is 0 Å². The smallest absolute Gasteiger partial charge is 0.434 e. The van der Waals surface area contributed by atoms with E-state index in [1.165, 1.54) is 18.2 Å². The third kappa shape index (κ3) is 2.59. The largest absolute Gasteiger partial charge is 0.478 e. The van der Waals surface area contributed by atoms with Gasteiger partial charge < -0.3 is 5.11 Å². The van der Waals surface area contributed by atoms with E-state index in [1.54, 1.807) is 6.92 Å². The number of aromatic nitrogens is 1. The molecule has 1 aromatic rings. The lowest BCUT2D eigenvalue weighted by Crippen LogP contribution is -2.15. The van der Waals surface area contributed by atoms with Crippen LogP contribution in [0.4, 0.5) is 13.2 Å². The summed E-state index contributed by atoms with van der Waals surface area (Å²) in [4.78, 5) is 13.8. The van der Waals surface area contributed by atoms with Crippen LogP contribution in [0.1, 0.15) is 28.7 Å². The van der Waals surface area contributed by atoms with Crippen molar-refractivity contribution < 1.29 is 23.1 Å². The Morgan fingerprint density at radius 3 is 2.50 bits per heavy atom. The highest BCUT2D eigenvalue weighted by atomic mass is 19.4. The Morgan fingerprint density at radius 1 is 1.44 bits per heavy atom. The lowest BCUT2D eigenvalue weighted by Gasteiger charge is -2.09. The van der Waals surface area contributed by atoms with Gasteiger partial charge in [0.1, 0.15) is 0 Å². The highest BCUT2D eigenvalue weighted by molar-refractivity contribution is 5.89. The predicted molar refractivity (Wildman–Crippen MR) is 50.9 cm³/mol. The summed E-state index contributed by atoms with van der Waals surface area (Å²) in [5.41, 5.74) is -2.16. The molecule has 1 rings (SSSR count). The Balaban J connectivity index is 3.38. The van der Waals surface area contributed by atoms with Crippen molar-refractivity contribution in [3.8, 4) is 0 Å². The van der Waals surface area contributed by atoms with E-state index in [0.29, 0.717) is 0 Å². The van der Waals surface area contributed by atoms with Gasteiger partial charge in [0, 0.05) is 0 Å². The van der Waals surface area contributed by atoms with Crippen LogP contribution in [-0.4, -0.2) is 16.1 Å². The van der Waals surface area contributed by atoms with Crippen LogP contribution in [0.3, 0.4) is 0 Å². The third-order valence-corrected chi connectivity index (χ3v) is 1.75. The monoisotopic (exact) mass is 231 g/mol. The minimum absolute atomic E-state index is 0.0693. The van der Waals surface area contributed by atoms with Gasteiger partial charge in [-0.1, -0.05) is 6.08 Å². The molecular weight excluding hydrogens is 223 g/mol. The van der Waals surface area contributed by atoms with Crippen LogP contribution in [0.5, 0.6) is 0 Å². The zero-order valence-corrected chi connectivity index (χ0v) is 8.25. The summed E-state index contributed by atoms with van der Waals surface area (Å²) >= 11 is 0. The van der Waals surface area contributed by atoms with Crippen LogP contribution in [0.15, 0.2) is 18.2 Å². The van der Waals surface area contributed by atoms with Crippen LogP contribution in [0, 0.1) is 0 Å².